The van der Waals surface area contributed by atoms with Gasteiger partial charge in [-0.15, -0.1) is 0 Å². The number of phenols is 1. The lowest BCUT2D eigenvalue weighted by atomic mass is 10.1. The summed E-state index contributed by atoms with van der Waals surface area (Å²) >= 11 is 0. The van der Waals surface area contributed by atoms with Crippen LogP contribution in [0.2, 0.25) is 0 Å². The minimum absolute atomic E-state index is 0.165. The second kappa shape index (κ2) is 5.98. The van der Waals surface area contributed by atoms with Crippen LogP contribution in [0.4, 0.5) is 0 Å². The molecule has 0 fully saturated rings. The number of methoxy groups -OCH3 is 1. The van der Waals surface area contributed by atoms with Gasteiger partial charge in [0, 0.05) is 11.6 Å². The van der Waals surface area contributed by atoms with E-state index >= 15 is 0 Å². The van der Waals surface area contributed by atoms with Crippen molar-refractivity contribution in [3.05, 3.63) is 53.1 Å². The van der Waals surface area contributed by atoms with Gasteiger partial charge >= 0.3 is 0 Å². The molecule has 0 aliphatic heterocycles. The molecule has 0 bridgehead atoms. The summed E-state index contributed by atoms with van der Waals surface area (Å²) in [5, 5.41) is 18.4. The van der Waals surface area contributed by atoms with Crippen LogP contribution in [0.15, 0.2) is 36.4 Å². The molecule has 0 unspecified atom stereocenters. The Morgan fingerprint density at radius 1 is 1.20 bits per heavy atom. The normalized spacial score (nSPS) is 9.85. The number of aromatic hydroxyl groups is 1. The van der Waals surface area contributed by atoms with Crippen molar-refractivity contribution in [1.29, 1.82) is 5.26 Å². The molecule has 0 radical (unpaired) electrons. The highest BCUT2D eigenvalue weighted by Crippen LogP contribution is 2.25. The quantitative estimate of drug-likeness (QED) is 0.926. The number of phenolic OH excluding ortho intramolecular Hbond substituents is 1. The molecule has 0 saturated heterocycles. The number of hydrogen-bond acceptors (Lipinski definition) is 4. The molecular formula is C16H15NO3. The third kappa shape index (κ3) is 3.21. The molecule has 0 spiro atoms. The smallest absolute Gasteiger partial charge is 0.125 e. The monoisotopic (exact) mass is 269 g/mol. The van der Waals surface area contributed by atoms with Gasteiger partial charge in [-0.2, -0.15) is 5.26 Å². The summed E-state index contributed by atoms with van der Waals surface area (Å²) in [5.74, 6) is 1.41. The number of benzene rings is 2. The highest BCUT2D eigenvalue weighted by atomic mass is 16.5. The SMILES string of the molecule is COc1ccc(C#N)cc1COc1cc(C)cc(O)c1. The second-order valence-corrected chi connectivity index (χ2v) is 4.43. The third-order valence-electron chi connectivity index (χ3n) is 2.84. The van der Waals surface area contributed by atoms with Crippen LogP contribution in [0.5, 0.6) is 17.2 Å². The van der Waals surface area contributed by atoms with Crippen molar-refractivity contribution in [2.75, 3.05) is 7.11 Å². The molecule has 0 atom stereocenters. The summed E-state index contributed by atoms with van der Waals surface area (Å²) in [6.45, 7) is 2.14. The van der Waals surface area contributed by atoms with Crippen molar-refractivity contribution in [2.24, 2.45) is 0 Å². The first kappa shape index (κ1) is 13.8. The summed E-state index contributed by atoms with van der Waals surface area (Å²) in [4.78, 5) is 0. The van der Waals surface area contributed by atoms with Crippen molar-refractivity contribution < 1.29 is 14.6 Å². The lowest BCUT2D eigenvalue weighted by molar-refractivity contribution is 0.295. The fourth-order valence-corrected chi connectivity index (χ4v) is 1.93. The average molecular weight is 269 g/mol. The van der Waals surface area contributed by atoms with Gasteiger partial charge in [0.05, 0.1) is 18.7 Å². The Bertz CT molecular complexity index is 639. The van der Waals surface area contributed by atoms with E-state index in [1.165, 1.54) is 0 Å². The molecule has 0 amide bonds. The first-order chi connectivity index (χ1) is 9.62. The van der Waals surface area contributed by atoms with E-state index in [1.54, 1.807) is 37.4 Å². The first-order valence-electron chi connectivity index (χ1n) is 6.13. The predicted octanol–water partition coefficient (Wildman–Crippen LogP) is 3.16. The molecule has 0 aromatic heterocycles. The van der Waals surface area contributed by atoms with Gasteiger partial charge in [-0.05, 0) is 42.8 Å². The number of aryl methyl sites for hydroxylation is 1. The Balaban J connectivity index is 2.19. The third-order valence-corrected chi connectivity index (χ3v) is 2.84. The van der Waals surface area contributed by atoms with E-state index in [0.717, 1.165) is 11.1 Å². The van der Waals surface area contributed by atoms with Gasteiger partial charge in [-0.25, -0.2) is 0 Å². The van der Waals surface area contributed by atoms with Crippen LogP contribution in [0.25, 0.3) is 0 Å². The molecule has 2 rings (SSSR count). The highest BCUT2D eigenvalue weighted by Gasteiger charge is 2.06. The largest absolute Gasteiger partial charge is 0.508 e. The van der Waals surface area contributed by atoms with Gasteiger partial charge in [-0.1, -0.05) is 0 Å². The van der Waals surface area contributed by atoms with Crippen LogP contribution in [0.3, 0.4) is 0 Å². The minimum Gasteiger partial charge on any atom is -0.508 e. The van der Waals surface area contributed by atoms with E-state index in [1.807, 2.05) is 13.0 Å². The molecule has 2 aromatic rings. The van der Waals surface area contributed by atoms with Crippen molar-refractivity contribution in [1.82, 2.24) is 0 Å². The molecule has 1 N–H and O–H groups in total. The number of rotatable bonds is 4. The Hall–Kier alpha value is -2.67. The minimum atomic E-state index is 0.165. The Morgan fingerprint density at radius 2 is 2.00 bits per heavy atom. The molecular weight excluding hydrogens is 254 g/mol. The molecule has 0 heterocycles. The van der Waals surface area contributed by atoms with Crippen LogP contribution >= 0.6 is 0 Å². The Kier molecular flexibility index (Phi) is 4.11. The molecule has 4 nitrogen and oxygen atoms in total. The van der Waals surface area contributed by atoms with Crippen molar-refractivity contribution in [3.63, 3.8) is 0 Å². The zero-order valence-electron chi connectivity index (χ0n) is 11.4. The van der Waals surface area contributed by atoms with E-state index < -0.39 is 0 Å². The molecule has 0 saturated carbocycles. The lowest BCUT2D eigenvalue weighted by Gasteiger charge is -2.11. The molecule has 2 aromatic carbocycles. The second-order valence-electron chi connectivity index (χ2n) is 4.43. The maximum Gasteiger partial charge on any atom is 0.125 e. The summed E-state index contributed by atoms with van der Waals surface area (Å²) in [5.41, 5.74) is 2.25. The predicted molar refractivity (Wildman–Crippen MR) is 74.9 cm³/mol. The standard InChI is InChI=1S/C16H15NO3/c1-11-5-14(18)8-15(6-11)20-10-13-7-12(9-17)3-4-16(13)19-2/h3-8,18H,10H2,1-2H3. The summed E-state index contributed by atoms with van der Waals surface area (Å²) in [7, 11) is 1.57. The van der Waals surface area contributed by atoms with Crippen LogP contribution < -0.4 is 9.47 Å². The van der Waals surface area contributed by atoms with Gasteiger partial charge < -0.3 is 14.6 Å². The van der Waals surface area contributed by atoms with Gasteiger partial charge in [0.15, 0.2) is 0 Å². The van der Waals surface area contributed by atoms with Crippen molar-refractivity contribution in [3.8, 4) is 23.3 Å². The van der Waals surface area contributed by atoms with E-state index in [0.29, 0.717) is 17.1 Å². The van der Waals surface area contributed by atoms with Crippen LogP contribution in [0.1, 0.15) is 16.7 Å². The fraction of sp³-hybridized carbons (Fsp3) is 0.188. The van der Waals surface area contributed by atoms with Gasteiger partial charge in [-0.3, -0.25) is 0 Å². The maximum absolute atomic E-state index is 9.53. The fourth-order valence-electron chi connectivity index (χ4n) is 1.93. The summed E-state index contributed by atoms with van der Waals surface area (Å²) < 4.78 is 10.9. The Labute approximate surface area is 117 Å². The van der Waals surface area contributed by atoms with Gasteiger partial charge in [0.1, 0.15) is 23.9 Å². The lowest BCUT2D eigenvalue weighted by Crippen LogP contribution is -1.99. The molecule has 0 aliphatic carbocycles. The number of nitrogens with zero attached hydrogens (tertiary/aromatic N) is 1. The summed E-state index contributed by atoms with van der Waals surface area (Å²) in [6, 6.07) is 12.3. The van der Waals surface area contributed by atoms with Gasteiger partial charge in [0.2, 0.25) is 0 Å². The first-order valence-corrected chi connectivity index (χ1v) is 6.13. The van der Waals surface area contributed by atoms with Crippen molar-refractivity contribution in [2.45, 2.75) is 13.5 Å². The van der Waals surface area contributed by atoms with Gasteiger partial charge in [0.25, 0.3) is 0 Å². The number of ether oxygens (including phenoxy) is 2. The summed E-state index contributed by atoms with van der Waals surface area (Å²) in [6.07, 6.45) is 0. The van der Waals surface area contributed by atoms with Crippen molar-refractivity contribution >= 4 is 0 Å². The van der Waals surface area contributed by atoms with Crippen LogP contribution in [-0.4, -0.2) is 12.2 Å². The maximum atomic E-state index is 9.53. The zero-order valence-corrected chi connectivity index (χ0v) is 11.4. The van der Waals surface area contributed by atoms with E-state index in [4.69, 9.17) is 14.7 Å². The topological polar surface area (TPSA) is 62.5 Å². The average Bonchev–Trinajstić information content (AvgIpc) is 2.43. The molecule has 0 aliphatic rings. The molecule has 102 valence electrons. The van der Waals surface area contributed by atoms with Crippen LogP contribution in [0, 0.1) is 18.3 Å². The van der Waals surface area contributed by atoms with E-state index in [9.17, 15) is 5.11 Å². The molecule has 20 heavy (non-hydrogen) atoms. The Morgan fingerprint density at radius 3 is 2.65 bits per heavy atom. The van der Waals surface area contributed by atoms with E-state index in [-0.39, 0.29) is 12.4 Å². The van der Waals surface area contributed by atoms with Crippen LogP contribution in [-0.2, 0) is 6.61 Å². The zero-order chi connectivity index (χ0) is 14.5. The highest BCUT2D eigenvalue weighted by molar-refractivity contribution is 5.42. The van der Waals surface area contributed by atoms with E-state index in [2.05, 4.69) is 6.07 Å². The number of hydrogen-bond donors (Lipinski definition) is 1. The number of nitriles is 1. The molecule has 4 heteroatoms.